The maximum absolute atomic E-state index is 9.33. The number of nitrogens with two attached hydrogens (primary N) is 1. The lowest BCUT2D eigenvalue weighted by molar-refractivity contribution is 0.311. The van der Waals surface area contributed by atoms with Crippen LogP contribution < -0.4 is 5.90 Å². The Bertz CT molecular complexity index is 927. The summed E-state index contributed by atoms with van der Waals surface area (Å²) in [5.41, 5.74) is 4.89. The van der Waals surface area contributed by atoms with Crippen LogP contribution in [-0.2, 0) is 0 Å². The Morgan fingerprint density at radius 3 is 2.28 bits per heavy atom. The molecule has 0 aliphatic carbocycles. The van der Waals surface area contributed by atoms with Gasteiger partial charge in [-0.15, -0.1) is 0 Å². The maximum Gasteiger partial charge on any atom is 0.166 e. The molecule has 0 atom stereocenters. The average molecular weight is 375 g/mol. The third-order valence-electron chi connectivity index (χ3n) is 3.69. The molecule has 25 heavy (non-hydrogen) atoms. The van der Waals surface area contributed by atoms with Gasteiger partial charge in [0.2, 0.25) is 0 Å². The molecule has 7 heteroatoms. The van der Waals surface area contributed by atoms with E-state index in [4.69, 9.17) is 28.4 Å². The molecule has 0 unspecified atom stereocenters. The number of aromatic nitrogens is 2. The fraction of sp³-hybridized carbons (Fsp3) is 0.111. The lowest BCUT2D eigenvalue weighted by Crippen LogP contribution is -2.00. The van der Waals surface area contributed by atoms with Crippen LogP contribution in [0.15, 0.2) is 42.5 Å². The molecule has 0 saturated carbocycles. The molecule has 3 N–H and O–H groups in total. The van der Waals surface area contributed by atoms with Crippen LogP contribution in [-0.4, -0.2) is 15.0 Å². The number of hydrogen-bond donors (Lipinski definition) is 2. The molecule has 0 amide bonds. The van der Waals surface area contributed by atoms with Crippen molar-refractivity contribution in [2.75, 3.05) is 0 Å². The molecule has 0 fully saturated rings. The zero-order valence-electron chi connectivity index (χ0n) is 13.7. The predicted octanol–water partition coefficient (Wildman–Crippen LogP) is 4.67. The second-order valence-corrected chi connectivity index (χ2v) is 6.15. The molecular weight excluding hydrogens is 359 g/mol. The lowest BCUT2D eigenvalue weighted by atomic mass is 10.1. The molecule has 0 saturated heterocycles. The van der Waals surface area contributed by atoms with E-state index < -0.39 is 0 Å². The SMILES string of the molecule is Cc1ccc(-c2c(C)c(C#N)nn2-c2ccc(Cl)cc2Cl)cc1.NO. The van der Waals surface area contributed by atoms with Crippen molar-refractivity contribution in [3.8, 4) is 23.0 Å². The zero-order valence-corrected chi connectivity index (χ0v) is 15.2. The topological polar surface area (TPSA) is 87.9 Å². The van der Waals surface area contributed by atoms with Crippen molar-refractivity contribution in [1.82, 2.24) is 9.78 Å². The van der Waals surface area contributed by atoms with E-state index in [1.54, 1.807) is 22.9 Å². The largest absolute Gasteiger partial charge is 0.320 e. The molecule has 5 nitrogen and oxygen atoms in total. The van der Waals surface area contributed by atoms with E-state index in [2.05, 4.69) is 17.1 Å². The number of aryl methyl sites for hydroxylation is 1. The predicted molar refractivity (Wildman–Crippen MR) is 99.2 cm³/mol. The van der Waals surface area contributed by atoms with Crippen molar-refractivity contribution < 1.29 is 5.21 Å². The molecule has 1 aromatic heterocycles. The minimum Gasteiger partial charge on any atom is -0.320 e. The highest BCUT2D eigenvalue weighted by molar-refractivity contribution is 6.35. The third kappa shape index (κ3) is 3.84. The van der Waals surface area contributed by atoms with Gasteiger partial charge in [-0.3, -0.25) is 0 Å². The summed E-state index contributed by atoms with van der Waals surface area (Å²) in [4.78, 5) is 0. The van der Waals surface area contributed by atoms with E-state index >= 15 is 0 Å². The van der Waals surface area contributed by atoms with Crippen LogP contribution in [0.5, 0.6) is 0 Å². The van der Waals surface area contributed by atoms with E-state index in [0.29, 0.717) is 21.4 Å². The first-order valence-corrected chi connectivity index (χ1v) is 8.05. The van der Waals surface area contributed by atoms with Crippen molar-refractivity contribution >= 4 is 23.2 Å². The van der Waals surface area contributed by atoms with Gasteiger partial charge >= 0.3 is 0 Å². The van der Waals surface area contributed by atoms with Crippen molar-refractivity contribution in [3.05, 3.63) is 69.3 Å². The minimum atomic E-state index is 0.381. The van der Waals surface area contributed by atoms with Gasteiger partial charge in [-0.05, 0) is 32.0 Å². The first kappa shape index (κ1) is 19.0. The highest BCUT2D eigenvalue weighted by atomic mass is 35.5. The fourth-order valence-electron chi connectivity index (χ4n) is 2.48. The summed E-state index contributed by atoms with van der Waals surface area (Å²) in [6, 6.07) is 15.4. The van der Waals surface area contributed by atoms with Gasteiger partial charge in [0.1, 0.15) is 6.07 Å². The Kier molecular flexibility index (Phi) is 6.18. The molecular formula is C18H16Cl2N4O. The van der Waals surface area contributed by atoms with Gasteiger partial charge < -0.3 is 5.21 Å². The average Bonchev–Trinajstić information content (AvgIpc) is 2.94. The first-order valence-electron chi connectivity index (χ1n) is 7.29. The van der Waals surface area contributed by atoms with Gasteiger partial charge in [-0.25, -0.2) is 10.6 Å². The quantitative estimate of drug-likeness (QED) is 0.637. The van der Waals surface area contributed by atoms with Crippen LogP contribution >= 0.6 is 23.2 Å². The van der Waals surface area contributed by atoms with Crippen LogP contribution in [0.1, 0.15) is 16.8 Å². The van der Waals surface area contributed by atoms with Crippen molar-refractivity contribution in [1.29, 1.82) is 5.26 Å². The summed E-state index contributed by atoms with van der Waals surface area (Å²) in [5, 5.41) is 21.3. The summed E-state index contributed by atoms with van der Waals surface area (Å²) in [6.07, 6.45) is 0. The van der Waals surface area contributed by atoms with E-state index in [9.17, 15) is 5.26 Å². The third-order valence-corrected chi connectivity index (χ3v) is 4.23. The Balaban J connectivity index is 0.00000109. The molecule has 128 valence electrons. The number of rotatable bonds is 2. The molecule has 0 radical (unpaired) electrons. The van der Waals surface area contributed by atoms with Crippen LogP contribution in [0.4, 0.5) is 0 Å². The number of halogens is 2. The summed E-state index contributed by atoms with van der Waals surface area (Å²) in [6.45, 7) is 3.92. The van der Waals surface area contributed by atoms with Crippen LogP contribution in [0.25, 0.3) is 16.9 Å². The van der Waals surface area contributed by atoms with Crippen molar-refractivity contribution in [2.24, 2.45) is 5.90 Å². The van der Waals surface area contributed by atoms with Gasteiger partial charge in [0.05, 0.1) is 16.4 Å². The molecule has 3 aromatic rings. The van der Waals surface area contributed by atoms with Gasteiger partial charge in [0, 0.05) is 16.1 Å². The number of nitriles is 1. The molecule has 0 spiro atoms. The van der Waals surface area contributed by atoms with E-state index in [1.807, 2.05) is 38.1 Å². The second kappa shape index (κ2) is 8.15. The highest BCUT2D eigenvalue weighted by Gasteiger charge is 2.18. The minimum absolute atomic E-state index is 0.381. The summed E-state index contributed by atoms with van der Waals surface area (Å²) < 4.78 is 1.71. The molecule has 0 aliphatic rings. The van der Waals surface area contributed by atoms with Gasteiger partial charge in [-0.1, -0.05) is 53.0 Å². The number of nitrogens with zero attached hydrogens (tertiary/aromatic N) is 3. The van der Waals surface area contributed by atoms with E-state index in [-0.39, 0.29) is 0 Å². The molecule has 3 rings (SSSR count). The normalized spacial score (nSPS) is 9.96. The lowest BCUT2D eigenvalue weighted by Gasteiger charge is -2.11. The second-order valence-electron chi connectivity index (χ2n) is 5.31. The molecule has 2 aromatic carbocycles. The van der Waals surface area contributed by atoms with Gasteiger partial charge in [-0.2, -0.15) is 10.4 Å². The van der Waals surface area contributed by atoms with Crippen LogP contribution in [0.3, 0.4) is 0 Å². The first-order chi connectivity index (χ1) is 12.0. The zero-order chi connectivity index (χ0) is 18.6. The van der Waals surface area contributed by atoms with E-state index in [0.717, 1.165) is 16.8 Å². The Hall–Kier alpha value is -2.36. The van der Waals surface area contributed by atoms with Crippen LogP contribution in [0.2, 0.25) is 10.0 Å². The Labute approximate surface area is 155 Å². The highest BCUT2D eigenvalue weighted by Crippen LogP contribution is 2.32. The Morgan fingerprint density at radius 2 is 1.72 bits per heavy atom. The summed E-state index contributed by atoms with van der Waals surface area (Å²) in [5.74, 6) is 3.50. The monoisotopic (exact) mass is 374 g/mol. The molecule has 0 aliphatic heterocycles. The van der Waals surface area contributed by atoms with Crippen molar-refractivity contribution in [3.63, 3.8) is 0 Å². The standard InChI is InChI=1S/C18H13Cl2N3.H3NO/c1-11-3-5-13(6-4-11)18-12(2)16(10-21)22-23(18)17-8-7-14(19)9-15(17)20;1-2/h3-9H,1-2H3;2H,1H2. The maximum atomic E-state index is 9.33. The summed E-state index contributed by atoms with van der Waals surface area (Å²) >= 11 is 12.3. The summed E-state index contributed by atoms with van der Waals surface area (Å²) in [7, 11) is 0. The molecule has 1 heterocycles. The van der Waals surface area contributed by atoms with Gasteiger partial charge in [0.15, 0.2) is 5.69 Å². The smallest absolute Gasteiger partial charge is 0.166 e. The van der Waals surface area contributed by atoms with Gasteiger partial charge in [0.25, 0.3) is 0 Å². The Morgan fingerprint density at radius 1 is 1.08 bits per heavy atom. The number of hydrogen-bond acceptors (Lipinski definition) is 4. The molecule has 0 bridgehead atoms. The van der Waals surface area contributed by atoms with E-state index in [1.165, 1.54) is 5.56 Å². The fourth-order valence-corrected chi connectivity index (χ4v) is 2.97. The van der Waals surface area contributed by atoms with Crippen LogP contribution in [0, 0.1) is 25.2 Å². The van der Waals surface area contributed by atoms with Crippen molar-refractivity contribution in [2.45, 2.75) is 13.8 Å². The number of benzene rings is 2.